The van der Waals surface area contributed by atoms with Gasteiger partial charge in [-0.05, 0) is 23.8 Å². The fraction of sp³-hybridized carbons (Fsp3) is 0.200. The van der Waals surface area contributed by atoms with Gasteiger partial charge in [-0.15, -0.1) is 0 Å². The van der Waals surface area contributed by atoms with Gasteiger partial charge in [0.15, 0.2) is 0 Å². The van der Waals surface area contributed by atoms with Gasteiger partial charge in [0.05, 0.1) is 19.8 Å². The predicted octanol–water partition coefficient (Wildman–Crippen LogP) is 3.55. The molecule has 2 rings (SSSR count). The second-order valence-electron chi connectivity index (χ2n) is 4.00. The van der Waals surface area contributed by atoms with Crippen molar-refractivity contribution in [2.24, 2.45) is 0 Å². The summed E-state index contributed by atoms with van der Waals surface area (Å²) in [6, 6.07) is 13.0. The van der Waals surface area contributed by atoms with Crippen LogP contribution in [0.1, 0.15) is 17.2 Å². The highest BCUT2D eigenvalue weighted by Gasteiger charge is 2.21. The zero-order valence-electron chi connectivity index (χ0n) is 10.8. The average molecular weight is 323 g/mol. The monoisotopic (exact) mass is 322 g/mol. The quantitative estimate of drug-likeness (QED) is 0.935. The number of rotatable bonds is 4. The van der Waals surface area contributed by atoms with Crippen LogP contribution in [0.2, 0.25) is 0 Å². The lowest BCUT2D eigenvalue weighted by Gasteiger charge is -2.19. The van der Waals surface area contributed by atoms with Crippen LogP contribution in [-0.2, 0) is 0 Å². The number of methoxy groups -OCH3 is 2. The first-order valence-corrected chi connectivity index (χ1v) is 6.61. The predicted molar refractivity (Wildman–Crippen MR) is 77.7 cm³/mol. The van der Waals surface area contributed by atoms with Gasteiger partial charge in [-0.2, -0.15) is 0 Å². The first kappa shape index (κ1) is 13.9. The topological polar surface area (TPSA) is 38.7 Å². The number of halogens is 1. The molecule has 0 saturated carbocycles. The van der Waals surface area contributed by atoms with Crippen LogP contribution >= 0.6 is 15.9 Å². The maximum absolute atomic E-state index is 10.6. The molecule has 0 aliphatic carbocycles. The molecule has 0 bridgehead atoms. The third-order valence-corrected chi connectivity index (χ3v) is 3.66. The van der Waals surface area contributed by atoms with E-state index in [1.165, 1.54) is 0 Å². The molecule has 1 N–H and O–H groups in total. The fourth-order valence-electron chi connectivity index (χ4n) is 2.00. The molecule has 3 nitrogen and oxygen atoms in total. The normalized spacial score (nSPS) is 12.0. The molecule has 2 aromatic carbocycles. The van der Waals surface area contributed by atoms with Crippen LogP contribution in [0.3, 0.4) is 0 Å². The zero-order chi connectivity index (χ0) is 13.8. The van der Waals surface area contributed by atoms with Gasteiger partial charge in [0.1, 0.15) is 17.6 Å². The lowest BCUT2D eigenvalue weighted by atomic mass is 9.99. The Morgan fingerprint density at radius 3 is 2.05 bits per heavy atom. The summed E-state index contributed by atoms with van der Waals surface area (Å²) in [5, 5.41) is 10.6. The molecular weight excluding hydrogens is 308 g/mol. The van der Waals surface area contributed by atoms with Crippen molar-refractivity contribution in [1.82, 2.24) is 0 Å². The Morgan fingerprint density at radius 1 is 0.947 bits per heavy atom. The van der Waals surface area contributed by atoms with E-state index in [1.54, 1.807) is 26.4 Å². The van der Waals surface area contributed by atoms with E-state index in [4.69, 9.17) is 9.47 Å². The van der Waals surface area contributed by atoms with E-state index < -0.39 is 6.10 Å². The van der Waals surface area contributed by atoms with Crippen molar-refractivity contribution in [3.8, 4) is 11.5 Å². The van der Waals surface area contributed by atoms with Crippen LogP contribution < -0.4 is 9.47 Å². The second-order valence-corrected chi connectivity index (χ2v) is 4.85. The smallest absolute Gasteiger partial charge is 0.128 e. The third kappa shape index (κ3) is 2.74. The Morgan fingerprint density at radius 2 is 1.53 bits per heavy atom. The number of aliphatic hydroxyl groups is 1. The minimum atomic E-state index is -0.818. The van der Waals surface area contributed by atoms with Crippen LogP contribution in [0.25, 0.3) is 0 Å². The maximum Gasteiger partial charge on any atom is 0.128 e. The SMILES string of the molecule is COc1cccc(OC)c1C(O)c1ccccc1Br. The molecular formula is C15H15BrO3. The summed E-state index contributed by atoms with van der Waals surface area (Å²) >= 11 is 3.45. The molecule has 4 heteroatoms. The Kier molecular flexibility index (Phi) is 4.45. The van der Waals surface area contributed by atoms with Crippen LogP contribution in [0.15, 0.2) is 46.9 Å². The molecule has 0 aliphatic heterocycles. The maximum atomic E-state index is 10.6. The summed E-state index contributed by atoms with van der Waals surface area (Å²) in [7, 11) is 3.15. The van der Waals surface area contributed by atoms with Gasteiger partial charge < -0.3 is 14.6 Å². The van der Waals surface area contributed by atoms with E-state index in [2.05, 4.69) is 15.9 Å². The van der Waals surface area contributed by atoms with Crippen LogP contribution in [-0.4, -0.2) is 19.3 Å². The summed E-state index contributed by atoms with van der Waals surface area (Å²) < 4.78 is 11.5. The lowest BCUT2D eigenvalue weighted by Crippen LogP contribution is -2.05. The molecule has 0 amide bonds. The van der Waals surface area contributed by atoms with Crippen molar-refractivity contribution in [3.63, 3.8) is 0 Å². The summed E-state index contributed by atoms with van der Waals surface area (Å²) in [4.78, 5) is 0. The van der Waals surface area contributed by atoms with Crippen LogP contribution in [0.5, 0.6) is 11.5 Å². The molecule has 100 valence electrons. The van der Waals surface area contributed by atoms with E-state index in [9.17, 15) is 5.11 Å². The van der Waals surface area contributed by atoms with Crippen LogP contribution in [0, 0.1) is 0 Å². The standard InChI is InChI=1S/C15H15BrO3/c1-18-12-8-5-9-13(19-2)14(12)15(17)10-6-3-4-7-11(10)16/h3-9,15,17H,1-2H3. The summed E-state index contributed by atoms with van der Waals surface area (Å²) in [5.41, 5.74) is 1.39. The molecule has 19 heavy (non-hydrogen) atoms. The van der Waals surface area contributed by atoms with E-state index in [-0.39, 0.29) is 0 Å². The number of ether oxygens (including phenoxy) is 2. The Balaban J connectivity index is 2.55. The minimum absolute atomic E-state index is 0.600. The van der Waals surface area contributed by atoms with Gasteiger partial charge in [-0.1, -0.05) is 40.2 Å². The van der Waals surface area contributed by atoms with E-state index in [0.29, 0.717) is 17.1 Å². The molecule has 0 spiro atoms. The van der Waals surface area contributed by atoms with Gasteiger partial charge in [-0.25, -0.2) is 0 Å². The van der Waals surface area contributed by atoms with Crippen molar-refractivity contribution < 1.29 is 14.6 Å². The van der Waals surface area contributed by atoms with Crippen molar-refractivity contribution in [2.45, 2.75) is 6.10 Å². The van der Waals surface area contributed by atoms with Gasteiger partial charge in [0.25, 0.3) is 0 Å². The van der Waals surface area contributed by atoms with Crippen molar-refractivity contribution in [3.05, 3.63) is 58.1 Å². The first-order chi connectivity index (χ1) is 9.19. The van der Waals surface area contributed by atoms with E-state index in [1.807, 2.05) is 30.3 Å². The highest BCUT2D eigenvalue weighted by molar-refractivity contribution is 9.10. The van der Waals surface area contributed by atoms with Crippen molar-refractivity contribution in [1.29, 1.82) is 0 Å². The number of hydrogen-bond donors (Lipinski definition) is 1. The number of hydrogen-bond acceptors (Lipinski definition) is 3. The Hall–Kier alpha value is -1.52. The van der Waals surface area contributed by atoms with E-state index in [0.717, 1.165) is 10.0 Å². The first-order valence-electron chi connectivity index (χ1n) is 5.82. The summed E-state index contributed by atoms with van der Waals surface area (Å²) in [6.45, 7) is 0. The van der Waals surface area contributed by atoms with Gasteiger partial charge in [0.2, 0.25) is 0 Å². The summed E-state index contributed by atoms with van der Waals surface area (Å²) in [6.07, 6.45) is -0.818. The third-order valence-electron chi connectivity index (χ3n) is 2.94. The van der Waals surface area contributed by atoms with E-state index >= 15 is 0 Å². The molecule has 2 aromatic rings. The van der Waals surface area contributed by atoms with Gasteiger partial charge >= 0.3 is 0 Å². The van der Waals surface area contributed by atoms with Crippen molar-refractivity contribution in [2.75, 3.05) is 14.2 Å². The largest absolute Gasteiger partial charge is 0.496 e. The van der Waals surface area contributed by atoms with Gasteiger partial charge in [0, 0.05) is 4.47 Å². The molecule has 1 atom stereocenters. The molecule has 0 saturated heterocycles. The molecule has 0 aromatic heterocycles. The number of aliphatic hydroxyl groups excluding tert-OH is 1. The minimum Gasteiger partial charge on any atom is -0.496 e. The Bertz CT molecular complexity index is 547. The molecule has 1 unspecified atom stereocenters. The molecule has 0 aliphatic rings. The molecule has 0 radical (unpaired) electrons. The fourth-order valence-corrected chi connectivity index (χ4v) is 2.50. The highest BCUT2D eigenvalue weighted by atomic mass is 79.9. The average Bonchev–Trinajstić information content (AvgIpc) is 2.46. The van der Waals surface area contributed by atoms with Gasteiger partial charge in [-0.3, -0.25) is 0 Å². The second kappa shape index (κ2) is 6.08. The van der Waals surface area contributed by atoms with Crippen molar-refractivity contribution >= 4 is 15.9 Å². The lowest BCUT2D eigenvalue weighted by molar-refractivity contribution is 0.208. The highest BCUT2D eigenvalue weighted by Crippen LogP contribution is 2.39. The molecule has 0 heterocycles. The zero-order valence-corrected chi connectivity index (χ0v) is 12.3. The number of benzene rings is 2. The Labute approximate surface area is 120 Å². The van der Waals surface area contributed by atoms with Crippen LogP contribution in [0.4, 0.5) is 0 Å². The molecule has 0 fully saturated rings. The summed E-state index contributed by atoms with van der Waals surface area (Å²) in [5.74, 6) is 1.20.